The Morgan fingerprint density at radius 3 is 2.46 bits per heavy atom. The zero-order chi connectivity index (χ0) is 25.6. The number of aryl methyl sites for hydroxylation is 1. The molecule has 2 saturated heterocycles. The number of carbonyl (C=O) groups excluding carboxylic acids is 3. The van der Waals surface area contributed by atoms with Crippen molar-refractivity contribution >= 4 is 23.4 Å². The second-order valence-electron chi connectivity index (χ2n) is 10.9. The summed E-state index contributed by atoms with van der Waals surface area (Å²) in [7, 11) is 0. The molecule has 0 aromatic heterocycles. The van der Waals surface area contributed by atoms with Crippen LogP contribution in [0.4, 0.5) is 5.69 Å². The maximum Gasteiger partial charge on any atom is 0.246 e. The maximum absolute atomic E-state index is 14.0. The van der Waals surface area contributed by atoms with E-state index in [0.29, 0.717) is 5.69 Å². The van der Waals surface area contributed by atoms with Crippen LogP contribution in [0.3, 0.4) is 0 Å². The third-order valence-corrected chi connectivity index (χ3v) is 8.39. The van der Waals surface area contributed by atoms with Gasteiger partial charge in [-0.25, -0.2) is 0 Å². The lowest BCUT2D eigenvalue weighted by Gasteiger charge is -2.34. The van der Waals surface area contributed by atoms with Crippen LogP contribution >= 0.6 is 0 Å². The Kier molecular flexibility index (Phi) is 6.11. The summed E-state index contributed by atoms with van der Waals surface area (Å²) in [6.07, 6.45) is 8.45. The van der Waals surface area contributed by atoms with Gasteiger partial charge < -0.3 is 20.3 Å². The number of rotatable bonds is 6. The summed E-state index contributed by atoms with van der Waals surface area (Å²) < 4.78 is 6.44. The lowest BCUT2D eigenvalue weighted by molar-refractivity contribution is -0.142. The van der Waals surface area contributed by atoms with Crippen molar-refractivity contribution in [2.24, 2.45) is 11.8 Å². The molecule has 2 aromatic carbocycles. The van der Waals surface area contributed by atoms with Crippen LogP contribution in [0.15, 0.2) is 66.7 Å². The van der Waals surface area contributed by atoms with Crippen LogP contribution in [0.5, 0.6) is 0 Å². The summed E-state index contributed by atoms with van der Waals surface area (Å²) in [5.41, 5.74) is 1.55. The van der Waals surface area contributed by atoms with E-state index >= 15 is 0 Å². The predicted octanol–water partition coefficient (Wildman–Crippen LogP) is 3.73. The Labute approximate surface area is 217 Å². The highest BCUT2D eigenvalue weighted by Crippen LogP contribution is 2.55. The number of fused-ring (bicyclic) bond motifs is 1. The molecule has 3 fully saturated rings. The van der Waals surface area contributed by atoms with Gasteiger partial charge in [0.05, 0.1) is 17.9 Å². The van der Waals surface area contributed by atoms with Crippen molar-refractivity contribution in [1.29, 1.82) is 0 Å². The topological polar surface area (TPSA) is 87.7 Å². The maximum atomic E-state index is 14.0. The van der Waals surface area contributed by atoms with Crippen LogP contribution in [0, 0.1) is 18.8 Å². The minimum absolute atomic E-state index is 0.105. The third-order valence-electron chi connectivity index (χ3n) is 8.39. The first-order valence-corrected chi connectivity index (χ1v) is 13.4. The van der Waals surface area contributed by atoms with Gasteiger partial charge >= 0.3 is 0 Å². The molecule has 7 nitrogen and oxygen atoms in total. The largest absolute Gasteiger partial charge is 0.359 e. The molecule has 1 spiro atoms. The number of carbonyl (C=O) groups is 3. The molecule has 1 aliphatic carbocycles. The Morgan fingerprint density at radius 2 is 1.73 bits per heavy atom. The van der Waals surface area contributed by atoms with Gasteiger partial charge in [0.15, 0.2) is 0 Å². The quantitative estimate of drug-likeness (QED) is 0.593. The second-order valence-corrected chi connectivity index (χ2v) is 10.9. The molecule has 37 heavy (non-hydrogen) atoms. The van der Waals surface area contributed by atoms with E-state index in [1.165, 1.54) is 6.42 Å². The summed E-state index contributed by atoms with van der Waals surface area (Å²) in [5, 5.41) is 6.21. The summed E-state index contributed by atoms with van der Waals surface area (Å²) >= 11 is 0. The Hall–Kier alpha value is -3.45. The fourth-order valence-electron chi connectivity index (χ4n) is 6.61. The van der Waals surface area contributed by atoms with Gasteiger partial charge in [-0.2, -0.15) is 0 Å². The fourth-order valence-corrected chi connectivity index (χ4v) is 6.61. The first-order chi connectivity index (χ1) is 18.0. The molecular weight excluding hydrogens is 466 g/mol. The van der Waals surface area contributed by atoms with E-state index in [4.69, 9.17) is 4.74 Å². The normalized spacial score (nSPS) is 30.4. The van der Waals surface area contributed by atoms with E-state index in [-0.39, 0.29) is 30.3 Å². The van der Waals surface area contributed by atoms with Crippen molar-refractivity contribution in [3.63, 3.8) is 0 Å². The Balaban J connectivity index is 1.32. The van der Waals surface area contributed by atoms with Crippen molar-refractivity contribution in [3.05, 3.63) is 77.9 Å². The minimum Gasteiger partial charge on any atom is -0.359 e. The van der Waals surface area contributed by atoms with Crippen LogP contribution in [0.1, 0.15) is 43.2 Å². The molecule has 4 aliphatic rings. The van der Waals surface area contributed by atoms with Crippen molar-refractivity contribution in [1.82, 2.24) is 10.2 Å². The monoisotopic (exact) mass is 499 g/mol. The van der Waals surface area contributed by atoms with Crippen LogP contribution in [-0.2, 0) is 25.7 Å². The molecule has 6 rings (SSSR count). The molecule has 5 atom stereocenters. The summed E-state index contributed by atoms with van der Waals surface area (Å²) in [4.78, 5) is 43.1. The molecule has 2 aromatic rings. The van der Waals surface area contributed by atoms with Crippen LogP contribution in [0.2, 0.25) is 0 Å². The van der Waals surface area contributed by atoms with Crippen LogP contribution in [0.25, 0.3) is 0 Å². The highest BCUT2D eigenvalue weighted by Gasteiger charge is 2.72. The average molecular weight is 500 g/mol. The van der Waals surface area contributed by atoms with Gasteiger partial charge in [0.1, 0.15) is 11.6 Å². The molecule has 7 heteroatoms. The van der Waals surface area contributed by atoms with Gasteiger partial charge in [0.25, 0.3) is 0 Å². The zero-order valence-corrected chi connectivity index (χ0v) is 21.1. The predicted molar refractivity (Wildman–Crippen MR) is 139 cm³/mol. The lowest BCUT2D eigenvalue weighted by Crippen LogP contribution is -2.56. The van der Waals surface area contributed by atoms with Crippen molar-refractivity contribution in [2.45, 2.75) is 69.4 Å². The van der Waals surface area contributed by atoms with Gasteiger partial charge in [-0.1, -0.05) is 79.4 Å². The molecule has 3 aliphatic heterocycles. The second kappa shape index (κ2) is 9.45. The molecule has 0 radical (unpaired) electrons. The molecule has 2 N–H and O–H groups in total. The first kappa shape index (κ1) is 23.9. The van der Waals surface area contributed by atoms with Crippen molar-refractivity contribution in [3.8, 4) is 0 Å². The summed E-state index contributed by atoms with van der Waals surface area (Å²) in [5.74, 6) is -2.11. The highest BCUT2D eigenvalue weighted by molar-refractivity contribution is 6.02. The third kappa shape index (κ3) is 4.15. The SMILES string of the molecule is Cc1ccc(NC(=O)[C@@H]2[C@H]3C=C[C@]4(O3)[C@H](C(=O)NC3CCCCC3)N(Cc3ccccc3)C(=O)[C@@H]24)cc1. The van der Waals surface area contributed by atoms with E-state index in [9.17, 15) is 14.4 Å². The number of amides is 3. The number of hydrogen-bond donors (Lipinski definition) is 2. The number of nitrogens with zero attached hydrogens (tertiary/aromatic N) is 1. The number of benzene rings is 2. The van der Waals surface area contributed by atoms with Crippen molar-refractivity contribution < 1.29 is 19.1 Å². The lowest BCUT2D eigenvalue weighted by atomic mass is 9.74. The van der Waals surface area contributed by atoms with Gasteiger partial charge in [0, 0.05) is 18.3 Å². The molecule has 3 heterocycles. The zero-order valence-electron chi connectivity index (χ0n) is 21.1. The minimum atomic E-state index is -1.15. The first-order valence-electron chi connectivity index (χ1n) is 13.4. The van der Waals surface area contributed by atoms with Crippen molar-refractivity contribution in [2.75, 3.05) is 5.32 Å². The Morgan fingerprint density at radius 1 is 1.00 bits per heavy atom. The smallest absolute Gasteiger partial charge is 0.246 e. The van der Waals surface area contributed by atoms with E-state index in [2.05, 4.69) is 10.6 Å². The number of ether oxygens (including phenoxy) is 1. The Bertz CT molecular complexity index is 1220. The number of likely N-dealkylation sites (tertiary alicyclic amines) is 1. The molecule has 1 saturated carbocycles. The highest BCUT2D eigenvalue weighted by atomic mass is 16.5. The molecule has 2 bridgehead atoms. The standard InChI is InChI=1S/C30H33N3O4/c1-19-12-14-22(15-13-19)31-27(34)24-23-16-17-30(37-23)25(24)29(36)33(18-20-8-4-2-5-9-20)26(30)28(35)32-21-10-6-3-7-11-21/h2,4-5,8-9,12-17,21,23-26H,3,6-7,10-11,18H2,1H3,(H,31,34)(H,32,35)/t23-,24-,25-,26+,30-/m1/s1. The fraction of sp³-hybridized carbons (Fsp3) is 0.433. The molecular formula is C30H33N3O4. The van der Waals surface area contributed by atoms with Crippen LogP contribution in [-0.4, -0.2) is 46.4 Å². The van der Waals surface area contributed by atoms with E-state index in [1.807, 2.05) is 73.7 Å². The van der Waals surface area contributed by atoms with Gasteiger partial charge in [0.2, 0.25) is 17.7 Å². The van der Waals surface area contributed by atoms with E-state index < -0.39 is 29.6 Å². The van der Waals surface area contributed by atoms with E-state index in [0.717, 1.165) is 36.8 Å². The van der Waals surface area contributed by atoms with Gasteiger partial charge in [-0.15, -0.1) is 0 Å². The summed E-state index contributed by atoms with van der Waals surface area (Å²) in [6.45, 7) is 2.27. The number of hydrogen-bond acceptors (Lipinski definition) is 4. The molecule has 0 unspecified atom stereocenters. The summed E-state index contributed by atoms with van der Waals surface area (Å²) in [6, 6.07) is 16.5. The van der Waals surface area contributed by atoms with Gasteiger partial charge in [-0.05, 0) is 37.5 Å². The molecule has 3 amide bonds. The average Bonchev–Trinajstić information content (AvgIpc) is 3.54. The van der Waals surface area contributed by atoms with Crippen LogP contribution < -0.4 is 10.6 Å². The number of nitrogens with one attached hydrogen (secondary N) is 2. The van der Waals surface area contributed by atoms with E-state index in [1.54, 1.807) is 4.90 Å². The molecule has 192 valence electrons. The van der Waals surface area contributed by atoms with Gasteiger partial charge in [-0.3, -0.25) is 14.4 Å². The number of anilines is 1.